The summed E-state index contributed by atoms with van der Waals surface area (Å²) in [5.41, 5.74) is 0.537. The third-order valence-electron chi connectivity index (χ3n) is 2.46. The molecule has 0 atom stereocenters. The lowest BCUT2D eigenvalue weighted by Crippen LogP contribution is -2.03. The molecule has 2 aromatic rings. The van der Waals surface area contributed by atoms with Gasteiger partial charge >= 0.3 is 5.97 Å². The number of carbonyl (C=O) groups is 1. The number of hydrogen-bond acceptors (Lipinski definition) is 6. The van der Waals surface area contributed by atoms with Gasteiger partial charge in [0.05, 0.1) is 17.7 Å². The predicted octanol–water partition coefficient (Wildman–Crippen LogP) is 3.84. The zero-order chi connectivity index (χ0) is 14.7. The number of carbonyl (C=O) groups excluding carboxylic acids is 1. The predicted molar refractivity (Wildman–Crippen MR) is 77.0 cm³/mol. The fraction of sp³-hybridized carbons (Fsp3) is 0.0833. The Bertz CT molecular complexity index is 671. The van der Waals surface area contributed by atoms with E-state index < -0.39 is 10.9 Å². The molecule has 0 spiro atoms. The maximum atomic E-state index is 11.6. The van der Waals surface area contributed by atoms with E-state index in [4.69, 9.17) is 11.6 Å². The molecular weight excluding hydrogens is 304 g/mol. The molecular formula is C12H9ClN2O4S. The molecule has 0 radical (unpaired) electrons. The second-order valence-corrected chi connectivity index (χ2v) is 5.05. The number of thiophene rings is 1. The van der Waals surface area contributed by atoms with Crippen molar-refractivity contribution in [1.82, 2.24) is 0 Å². The number of benzene rings is 1. The molecule has 0 saturated carbocycles. The summed E-state index contributed by atoms with van der Waals surface area (Å²) < 4.78 is 4.65. The highest BCUT2D eigenvalue weighted by Crippen LogP contribution is 2.33. The molecule has 2 rings (SSSR count). The Morgan fingerprint density at radius 3 is 2.80 bits per heavy atom. The number of nitro benzene ring substituents is 1. The molecule has 0 saturated heterocycles. The number of nitro groups is 1. The molecule has 1 N–H and O–H groups in total. The van der Waals surface area contributed by atoms with Crippen LogP contribution in [0.15, 0.2) is 29.6 Å². The van der Waals surface area contributed by atoms with E-state index in [0.29, 0.717) is 10.6 Å². The summed E-state index contributed by atoms with van der Waals surface area (Å²) in [6.07, 6.45) is 0. The van der Waals surface area contributed by atoms with Crippen LogP contribution in [0.3, 0.4) is 0 Å². The molecule has 1 aromatic heterocycles. The molecule has 0 fully saturated rings. The van der Waals surface area contributed by atoms with Gasteiger partial charge in [-0.25, -0.2) is 4.79 Å². The molecule has 0 aliphatic rings. The normalized spacial score (nSPS) is 10.1. The van der Waals surface area contributed by atoms with Gasteiger partial charge in [-0.15, -0.1) is 11.3 Å². The second-order valence-electron chi connectivity index (χ2n) is 3.70. The molecule has 20 heavy (non-hydrogen) atoms. The number of methoxy groups -OCH3 is 1. The average molecular weight is 313 g/mol. The number of nitrogens with one attached hydrogen (secondary N) is 1. The minimum Gasteiger partial charge on any atom is -0.465 e. The van der Waals surface area contributed by atoms with Crippen LogP contribution in [-0.2, 0) is 4.74 Å². The van der Waals surface area contributed by atoms with Crippen molar-refractivity contribution in [2.75, 3.05) is 12.4 Å². The molecule has 0 bridgehead atoms. The van der Waals surface area contributed by atoms with E-state index in [-0.39, 0.29) is 16.4 Å². The van der Waals surface area contributed by atoms with Crippen LogP contribution in [0.2, 0.25) is 5.02 Å². The summed E-state index contributed by atoms with van der Waals surface area (Å²) in [6.45, 7) is 0. The van der Waals surface area contributed by atoms with Gasteiger partial charge in [0.25, 0.3) is 5.69 Å². The maximum Gasteiger partial charge on any atom is 0.350 e. The SMILES string of the molecule is COC(=O)c1sccc1Nc1ccc(Cl)cc1[N+](=O)[O-]. The number of rotatable bonds is 4. The lowest BCUT2D eigenvalue weighted by atomic mass is 10.2. The fourth-order valence-corrected chi connectivity index (χ4v) is 2.50. The summed E-state index contributed by atoms with van der Waals surface area (Å²) in [5.74, 6) is -0.501. The molecule has 6 nitrogen and oxygen atoms in total. The van der Waals surface area contributed by atoms with Gasteiger partial charge in [0.15, 0.2) is 0 Å². The lowest BCUT2D eigenvalue weighted by Gasteiger charge is -2.07. The Morgan fingerprint density at radius 2 is 2.15 bits per heavy atom. The summed E-state index contributed by atoms with van der Waals surface area (Å²) in [4.78, 5) is 22.3. The van der Waals surface area contributed by atoms with Crippen LogP contribution in [0, 0.1) is 10.1 Å². The van der Waals surface area contributed by atoms with E-state index in [9.17, 15) is 14.9 Å². The molecule has 0 amide bonds. The molecule has 1 aromatic carbocycles. The van der Waals surface area contributed by atoms with Crippen LogP contribution in [0.1, 0.15) is 9.67 Å². The van der Waals surface area contributed by atoms with E-state index >= 15 is 0 Å². The van der Waals surface area contributed by atoms with Crippen LogP contribution in [0.25, 0.3) is 0 Å². The Kier molecular flexibility index (Phi) is 4.21. The summed E-state index contributed by atoms with van der Waals surface area (Å²) in [7, 11) is 1.27. The zero-order valence-electron chi connectivity index (χ0n) is 10.3. The Balaban J connectivity index is 2.38. The third kappa shape index (κ3) is 2.89. The number of anilines is 2. The smallest absolute Gasteiger partial charge is 0.350 e. The highest BCUT2D eigenvalue weighted by molar-refractivity contribution is 7.12. The van der Waals surface area contributed by atoms with E-state index in [1.54, 1.807) is 11.4 Å². The number of hydrogen-bond donors (Lipinski definition) is 1. The van der Waals surface area contributed by atoms with Crippen LogP contribution in [-0.4, -0.2) is 18.0 Å². The van der Waals surface area contributed by atoms with Crippen molar-refractivity contribution in [3.63, 3.8) is 0 Å². The first-order valence-electron chi connectivity index (χ1n) is 5.39. The van der Waals surface area contributed by atoms with Crippen LogP contribution in [0.5, 0.6) is 0 Å². The van der Waals surface area contributed by atoms with Gasteiger partial charge in [-0.1, -0.05) is 11.6 Å². The van der Waals surface area contributed by atoms with Crippen molar-refractivity contribution in [1.29, 1.82) is 0 Å². The van der Waals surface area contributed by atoms with Gasteiger partial charge in [0, 0.05) is 11.1 Å². The third-order valence-corrected chi connectivity index (χ3v) is 3.59. The van der Waals surface area contributed by atoms with Crippen molar-refractivity contribution in [3.05, 3.63) is 49.7 Å². The summed E-state index contributed by atoms with van der Waals surface area (Å²) in [6, 6.07) is 5.91. The van der Waals surface area contributed by atoms with E-state index in [1.165, 1.54) is 36.6 Å². The molecule has 0 unspecified atom stereocenters. The Hall–Kier alpha value is -2.12. The Labute approximate surface area is 123 Å². The van der Waals surface area contributed by atoms with Crippen molar-refractivity contribution >= 4 is 46.0 Å². The lowest BCUT2D eigenvalue weighted by molar-refractivity contribution is -0.383. The quantitative estimate of drug-likeness (QED) is 0.527. The molecule has 0 aliphatic carbocycles. The van der Waals surface area contributed by atoms with Crippen LogP contribution in [0.4, 0.5) is 17.1 Å². The van der Waals surface area contributed by atoms with Crippen molar-refractivity contribution in [2.24, 2.45) is 0 Å². The minimum atomic E-state index is -0.543. The fourth-order valence-electron chi connectivity index (χ4n) is 1.57. The van der Waals surface area contributed by atoms with Crippen molar-refractivity contribution < 1.29 is 14.5 Å². The first kappa shape index (κ1) is 14.3. The van der Waals surface area contributed by atoms with E-state index in [2.05, 4.69) is 10.1 Å². The largest absolute Gasteiger partial charge is 0.465 e. The number of halogens is 1. The van der Waals surface area contributed by atoms with Crippen molar-refractivity contribution in [3.8, 4) is 0 Å². The van der Waals surface area contributed by atoms with Crippen molar-refractivity contribution in [2.45, 2.75) is 0 Å². The standard InChI is InChI=1S/C12H9ClN2O4S/c1-19-12(16)11-9(4-5-20-11)14-8-3-2-7(13)6-10(8)15(17)18/h2-6,14H,1H3. The second kappa shape index (κ2) is 5.89. The highest BCUT2D eigenvalue weighted by atomic mass is 35.5. The van der Waals surface area contributed by atoms with Gasteiger partial charge in [0.1, 0.15) is 10.6 Å². The molecule has 104 valence electrons. The summed E-state index contributed by atoms with van der Waals surface area (Å²) >= 11 is 6.93. The van der Waals surface area contributed by atoms with Gasteiger partial charge in [-0.2, -0.15) is 0 Å². The monoisotopic (exact) mass is 312 g/mol. The average Bonchev–Trinajstić information content (AvgIpc) is 2.87. The van der Waals surface area contributed by atoms with E-state index in [0.717, 1.165) is 0 Å². The highest BCUT2D eigenvalue weighted by Gasteiger charge is 2.18. The first-order valence-corrected chi connectivity index (χ1v) is 6.65. The van der Waals surface area contributed by atoms with Gasteiger partial charge < -0.3 is 10.1 Å². The first-order chi connectivity index (χ1) is 9.52. The number of ether oxygens (including phenoxy) is 1. The zero-order valence-corrected chi connectivity index (χ0v) is 11.8. The molecule has 8 heteroatoms. The number of esters is 1. The number of nitrogens with zero attached hydrogens (tertiary/aromatic N) is 1. The van der Waals surface area contributed by atoms with Gasteiger partial charge in [-0.05, 0) is 23.6 Å². The Morgan fingerprint density at radius 1 is 1.40 bits per heavy atom. The minimum absolute atomic E-state index is 0.167. The van der Waals surface area contributed by atoms with Crippen LogP contribution >= 0.6 is 22.9 Å². The van der Waals surface area contributed by atoms with E-state index in [1.807, 2.05) is 0 Å². The summed E-state index contributed by atoms with van der Waals surface area (Å²) in [5, 5.41) is 15.8. The van der Waals surface area contributed by atoms with Gasteiger partial charge in [0.2, 0.25) is 0 Å². The van der Waals surface area contributed by atoms with Crippen LogP contribution < -0.4 is 5.32 Å². The molecule has 1 heterocycles. The molecule has 0 aliphatic heterocycles. The van der Waals surface area contributed by atoms with Gasteiger partial charge in [-0.3, -0.25) is 10.1 Å². The topological polar surface area (TPSA) is 81.5 Å². The maximum absolute atomic E-state index is 11.6.